The van der Waals surface area contributed by atoms with Gasteiger partial charge in [0.2, 0.25) is 0 Å². The van der Waals surface area contributed by atoms with Crippen LogP contribution in [0.25, 0.3) is 0 Å². The van der Waals surface area contributed by atoms with E-state index < -0.39 is 11.9 Å². The number of carbonyl (C=O) groups excluding carboxylic acids is 2. The third-order valence-electron chi connectivity index (χ3n) is 4.14. The monoisotopic (exact) mass is 392 g/mol. The lowest BCUT2D eigenvalue weighted by molar-refractivity contribution is 0.0472. The largest absolute Gasteiger partial charge is 0.497 e. The highest BCUT2D eigenvalue weighted by Gasteiger charge is 2.16. The van der Waals surface area contributed by atoms with Crippen LogP contribution >= 0.6 is 0 Å². The number of hydrogen-bond donors (Lipinski definition) is 0. The molecule has 0 saturated heterocycles. The molecule has 0 aliphatic heterocycles. The molecule has 0 aliphatic rings. The van der Waals surface area contributed by atoms with Crippen molar-refractivity contribution in [3.8, 4) is 17.2 Å². The summed E-state index contributed by atoms with van der Waals surface area (Å²) in [6, 6.07) is 20.4. The summed E-state index contributed by atoms with van der Waals surface area (Å²) < 4.78 is 21.0. The second-order valence-corrected chi connectivity index (χ2v) is 6.04. The standard InChI is InChI=1S/C23H20O6/c1-26-19-12-13-20(21(14-19)27-2)23(25)29-18-10-8-17(9-11-18)22(24)28-15-16-6-4-3-5-7-16/h3-14H,15H2,1-2H3. The molecule has 0 fully saturated rings. The zero-order valence-corrected chi connectivity index (χ0v) is 16.1. The van der Waals surface area contributed by atoms with Crippen LogP contribution in [0.15, 0.2) is 72.8 Å². The molecular formula is C23H20O6. The Morgan fingerprint density at radius 2 is 1.45 bits per heavy atom. The van der Waals surface area contributed by atoms with E-state index in [0.717, 1.165) is 5.56 Å². The van der Waals surface area contributed by atoms with Crippen LogP contribution in [0.1, 0.15) is 26.3 Å². The molecule has 0 bridgehead atoms. The maximum Gasteiger partial charge on any atom is 0.347 e. The summed E-state index contributed by atoms with van der Waals surface area (Å²) in [6.07, 6.45) is 0. The molecule has 3 rings (SSSR count). The minimum absolute atomic E-state index is 0.188. The average molecular weight is 392 g/mol. The van der Waals surface area contributed by atoms with Crippen LogP contribution in [0, 0.1) is 0 Å². The normalized spacial score (nSPS) is 10.1. The predicted molar refractivity (Wildman–Crippen MR) is 107 cm³/mol. The van der Waals surface area contributed by atoms with E-state index in [0.29, 0.717) is 22.8 Å². The van der Waals surface area contributed by atoms with Gasteiger partial charge in [-0.05, 0) is 42.0 Å². The van der Waals surface area contributed by atoms with Crippen LogP contribution in [0.5, 0.6) is 17.2 Å². The Morgan fingerprint density at radius 3 is 2.10 bits per heavy atom. The van der Waals surface area contributed by atoms with Gasteiger partial charge in [-0.25, -0.2) is 9.59 Å². The Balaban J connectivity index is 1.63. The van der Waals surface area contributed by atoms with Gasteiger partial charge in [-0.1, -0.05) is 30.3 Å². The number of benzene rings is 3. The summed E-state index contributed by atoms with van der Waals surface area (Å²) in [5.41, 5.74) is 1.53. The van der Waals surface area contributed by atoms with Gasteiger partial charge in [0.25, 0.3) is 0 Å². The van der Waals surface area contributed by atoms with E-state index in [4.69, 9.17) is 18.9 Å². The van der Waals surface area contributed by atoms with Crippen molar-refractivity contribution in [2.24, 2.45) is 0 Å². The second kappa shape index (κ2) is 9.41. The first-order chi connectivity index (χ1) is 14.1. The van der Waals surface area contributed by atoms with Crippen molar-refractivity contribution in [1.82, 2.24) is 0 Å². The Hall–Kier alpha value is -3.80. The fourth-order valence-corrected chi connectivity index (χ4v) is 2.59. The molecule has 0 amide bonds. The second-order valence-electron chi connectivity index (χ2n) is 6.04. The van der Waals surface area contributed by atoms with Crippen molar-refractivity contribution in [3.63, 3.8) is 0 Å². The molecule has 0 heterocycles. The van der Waals surface area contributed by atoms with E-state index in [2.05, 4.69) is 0 Å². The van der Waals surface area contributed by atoms with Gasteiger partial charge >= 0.3 is 11.9 Å². The zero-order valence-electron chi connectivity index (χ0n) is 16.1. The number of esters is 2. The molecule has 148 valence electrons. The van der Waals surface area contributed by atoms with Crippen LogP contribution in [0.2, 0.25) is 0 Å². The van der Waals surface area contributed by atoms with Crippen LogP contribution < -0.4 is 14.2 Å². The molecule has 0 atom stereocenters. The number of methoxy groups -OCH3 is 2. The lowest BCUT2D eigenvalue weighted by Crippen LogP contribution is -2.10. The maximum atomic E-state index is 12.4. The van der Waals surface area contributed by atoms with Crippen LogP contribution in [-0.4, -0.2) is 26.2 Å². The predicted octanol–water partition coefficient (Wildman–Crippen LogP) is 4.28. The van der Waals surface area contributed by atoms with Crippen molar-refractivity contribution in [1.29, 1.82) is 0 Å². The first-order valence-electron chi connectivity index (χ1n) is 8.86. The third kappa shape index (κ3) is 5.13. The van der Waals surface area contributed by atoms with Gasteiger partial charge in [0.1, 0.15) is 29.4 Å². The molecule has 6 nitrogen and oxygen atoms in total. The minimum atomic E-state index is -0.580. The molecule has 3 aromatic rings. The highest BCUT2D eigenvalue weighted by Crippen LogP contribution is 2.26. The Labute approximate surface area is 168 Å². The highest BCUT2D eigenvalue weighted by atomic mass is 16.5. The smallest absolute Gasteiger partial charge is 0.347 e. The van der Waals surface area contributed by atoms with Crippen LogP contribution in [0.4, 0.5) is 0 Å². The number of ether oxygens (including phenoxy) is 4. The summed E-state index contributed by atoms with van der Waals surface area (Å²) in [5.74, 6) is 0.173. The van der Waals surface area contributed by atoms with Crippen molar-refractivity contribution in [3.05, 3.63) is 89.5 Å². The van der Waals surface area contributed by atoms with Crippen molar-refractivity contribution in [2.45, 2.75) is 6.61 Å². The first-order valence-corrected chi connectivity index (χ1v) is 8.86. The van der Waals surface area contributed by atoms with Crippen molar-refractivity contribution in [2.75, 3.05) is 14.2 Å². The molecule has 0 radical (unpaired) electrons. The highest BCUT2D eigenvalue weighted by molar-refractivity contribution is 5.94. The maximum absolute atomic E-state index is 12.4. The average Bonchev–Trinajstić information content (AvgIpc) is 2.78. The van der Waals surface area contributed by atoms with E-state index in [-0.39, 0.29) is 12.2 Å². The lowest BCUT2D eigenvalue weighted by Gasteiger charge is -2.10. The fourth-order valence-electron chi connectivity index (χ4n) is 2.59. The molecule has 0 saturated carbocycles. The summed E-state index contributed by atoms with van der Waals surface area (Å²) in [7, 11) is 2.99. The Morgan fingerprint density at radius 1 is 0.759 bits per heavy atom. The van der Waals surface area contributed by atoms with E-state index in [9.17, 15) is 9.59 Å². The van der Waals surface area contributed by atoms with Gasteiger partial charge < -0.3 is 18.9 Å². The topological polar surface area (TPSA) is 71.1 Å². The van der Waals surface area contributed by atoms with Crippen molar-refractivity contribution < 1.29 is 28.5 Å². The molecule has 0 unspecified atom stereocenters. The number of carbonyl (C=O) groups is 2. The Bertz CT molecular complexity index is 980. The molecular weight excluding hydrogens is 372 g/mol. The summed E-state index contributed by atoms with van der Waals surface area (Å²) in [6.45, 7) is 0.188. The van der Waals surface area contributed by atoms with Gasteiger partial charge in [0, 0.05) is 6.07 Å². The van der Waals surface area contributed by atoms with Gasteiger partial charge in [-0.15, -0.1) is 0 Å². The van der Waals surface area contributed by atoms with E-state index in [1.54, 1.807) is 30.3 Å². The molecule has 0 aromatic heterocycles. The van der Waals surface area contributed by atoms with Gasteiger partial charge in [0.15, 0.2) is 0 Å². The van der Waals surface area contributed by atoms with Crippen molar-refractivity contribution >= 4 is 11.9 Å². The van der Waals surface area contributed by atoms with Crippen LogP contribution in [-0.2, 0) is 11.3 Å². The lowest BCUT2D eigenvalue weighted by atomic mass is 10.2. The SMILES string of the molecule is COc1ccc(C(=O)Oc2ccc(C(=O)OCc3ccccc3)cc2)c(OC)c1. The van der Waals surface area contributed by atoms with E-state index >= 15 is 0 Å². The quantitative estimate of drug-likeness (QED) is 0.441. The molecule has 6 heteroatoms. The molecule has 0 spiro atoms. The summed E-state index contributed by atoms with van der Waals surface area (Å²) in [4.78, 5) is 24.6. The minimum Gasteiger partial charge on any atom is -0.497 e. The molecule has 29 heavy (non-hydrogen) atoms. The van der Waals surface area contributed by atoms with Crippen LogP contribution in [0.3, 0.4) is 0 Å². The van der Waals surface area contributed by atoms with Gasteiger partial charge in [-0.2, -0.15) is 0 Å². The Kier molecular flexibility index (Phi) is 6.47. The first kappa shape index (κ1) is 19.9. The fraction of sp³-hybridized carbons (Fsp3) is 0.130. The van der Waals surface area contributed by atoms with Gasteiger partial charge in [0.05, 0.1) is 19.8 Å². The molecule has 3 aromatic carbocycles. The number of hydrogen-bond acceptors (Lipinski definition) is 6. The van der Waals surface area contributed by atoms with E-state index in [1.807, 2.05) is 30.3 Å². The summed E-state index contributed by atoms with van der Waals surface area (Å²) >= 11 is 0. The molecule has 0 aliphatic carbocycles. The van der Waals surface area contributed by atoms with E-state index in [1.165, 1.54) is 26.4 Å². The summed E-state index contributed by atoms with van der Waals surface area (Å²) in [5, 5.41) is 0. The third-order valence-corrected chi connectivity index (χ3v) is 4.14. The molecule has 0 N–H and O–H groups in total. The van der Waals surface area contributed by atoms with Gasteiger partial charge in [-0.3, -0.25) is 0 Å². The number of rotatable bonds is 7. The zero-order chi connectivity index (χ0) is 20.6.